The first-order valence-electron chi connectivity index (χ1n) is 3.86. The number of hydrogen-bond acceptors (Lipinski definition) is 3. The summed E-state index contributed by atoms with van der Waals surface area (Å²) in [5, 5.41) is 3.13. The van der Waals surface area contributed by atoms with Crippen LogP contribution >= 0.6 is 0 Å². The third kappa shape index (κ3) is 10.1. The molecule has 0 aliphatic carbocycles. The minimum Gasteiger partial charge on any atom is -0.380 e. The van der Waals surface area contributed by atoms with E-state index >= 15 is 0 Å². The number of rotatable bonds is 7. The van der Waals surface area contributed by atoms with Crippen LogP contribution < -0.4 is 5.32 Å². The second-order valence-electron chi connectivity index (χ2n) is 2.22. The van der Waals surface area contributed by atoms with Crippen molar-refractivity contribution >= 4 is 10.8 Å². The van der Waals surface area contributed by atoms with Crippen LogP contribution in [0.1, 0.15) is 6.92 Å². The maximum Gasteiger partial charge on any atom is 0.0590 e. The van der Waals surface area contributed by atoms with E-state index in [0.29, 0.717) is 0 Å². The van der Waals surface area contributed by atoms with E-state index in [1.807, 2.05) is 6.92 Å². The molecule has 0 saturated heterocycles. The molecular weight excluding hydrogens is 162 g/mol. The Morgan fingerprint density at radius 3 is 2.73 bits per heavy atom. The van der Waals surface area contributed by atoms with Gasteiger partial charge in [-0.2, -0.15) is 0 Å². The van der Waals surface area contributed by atoms with E-state index in [-0.39, 0.29) is 0 Å². The molecule has 0 aromatic carbocycles. The SMILES string of the molecule is CCOCCNCCS(C)=O. The van der Waals surface area contributed by atoms with Gasteiger partial charge in [0.2, 0.25) is 0 Å². The fourth-order valence-corrected chi connectivity index (χ4v) is 1.06. The van der Waals surface area contributed by atoms with Crippen molar-refractivity contribution in [3.05, 3.63) is 0 Å². The summed E-state index contributed by atoms with van der Waals surface area (Å²) in [6.07, 6.45) is 1.71. The monoisotopic (exact) mass is 179 g/mol. The predicted molar refractivity (Wildman–Crippen MR) is 48.3 cm³/mol. The molecule has 0 fully saturated rings. The van der Waals surface area contributed by atoms with Gasteiger partial charge in [-0.05, 0) is 6.92 Å². The highest BCUT2D eigenvalue weighted by Crippen LogP contribution is 1.73. The van der Waals surface area contributed by atoms with Crippen LogP contribution in [-0.4, -0.2) is 42.5 Å². The molecule has 0 bridgehead atoms. The van der Waals surface area contributed by atoms with Gasteiger partial charge in [0.05, 0.1) is 6.61 Å². The quantitative estimate of drug-likeness (QED) is 0.559. The standard InChI is InChI=1S/C7H17NO2S/c1-3-10-6-4-8-5-7-11(2)9/h8H,3-7H2,1-2H3. The van der Waals surface area contributed by atoms with Gasteiger partial charge in [0.25, 0.3) is 0 Å². The molecule has 3 nitrogen and oxygen atoms in total. The Kier molecular flexibility index (Phi) is 8.22. The van der Waals surface area contributed by atoms with Gasteiger partial charge in [-0.15, -0.1) is 0 Å². The molecule has 4 heteroatoms. The third-order valence-corrected chi connectivity index (χ3v) is 1.97. The summed E-state index contributed by atoms with van der Waals surface area (Å²) in [7, 11) is -0.676. The summed E-state index contributed by atoms with van der Waals surface area (Å²) in [5.41, 5.74) is 0. The minimum atomic E-state index is -0.676. The molecule has 1 N–H and O–H groups in total. The largest absolute Gasteiger partial charge is 0.380 e. The van der Waals surface area contributed by atoms with Crippen molar-refractivity contribution in [2.45, 2.75) is 6.92 Å². The van der Waals surface area contributed by atoms with Gasteiger partial charge in [-0.3, -0.25) is 4.21 Å². The predicted octanol–water partition coefficient (Wildman–Crippen LogP) is -0.00900. The van der Waals surface area contributed by atoms with E-state index < -0.39 is 10.8 Å². The zero-order chi connectivity index (χ0) is 8.53. The van der Waals surface area contributed by atoms with Gasteiger partial charge in [0.1, 0.15) is 0 Å². The Morgan fingerprint density at radius 2 is 2.18 bits per heavy atom. The Bertz CT molecular complexity index is 109. The second-order valence-corrected chi connectivity index (χ2v) is 3.78. The van der Waals surface area contributed by atoms with Gasteiger partial charge in [-0.25, -0.2) is 0 Å². The van der Waals surface area contributed by atoms with Crippen LogP contribution in [0.2, 0.25) is 0 Å². The first-order valence-corrected chi connectivity index (χ1v) is 5.58. The van der Waals surface area contributed by atoms with E-state index in [1.165, 1.54) is 0 Å². The van der Waals surface area contributed by atoms with Gasteiger partial charge < -0.3 is 10.1 Å². The second kappa shape index (κ2) is 8.17. The molecule has 11 heavy (non-hydrogen) atoms. The van der Waals surface area contributed by atoms with E-state index in [9.17, 15) is 4.21 Å². The van der Waals surface area contributed by atoms with Crippen molar-refractivity contribution in [3.8, 4) is 0 Å². The number of nitrogens with one attached hydrogen (secondary N) is 1. The Balaban J connectivity index is 2.85. The van der Waals surface area contributed by atoms with Crippen LogP contribution in [0, 0.1) is 0 Å². The molecule has 0 saturated carbocycles. The Hall–Kier alpha value is 0.0700. The lowest BCUT2D eigenvalue weighted by Crippen LogP contribution is -2.24. The van der Waals surface area contributed by atoms with E-state index in [4.69, 9.17) is 4.74 Å². The lowest BCUT2D eigenvalue weighted by Gasteiger charge is -2.02. The summed E-state index contributed by atoms with van der Waals surface area (Å²) < 4.78 is 15.7. The summed E-state index contributed by atoms with van der Waals surface area (Å²) in [6, 6.07) is 0. The molecule has 0 heterocycles. The molecule has 0 spiro atoms. The molecule has 1 atom stereocenters. The zero-order valence-corrected chi connectivity index (χ0v) is 8.08. The fraction of sp³-hybridized carbons (Fsp3) is 1.00. The molecule has 0 radical (unpaired) electrons. The molecule has 0 aromatic rings. The molecule has 0 amide bonds. The lowest BCUT2D eigenvalue weighted by molar-refractivity contribution is 0.150. The molecule has 1 unspecified atom stereocenters. The third-order valence-electron chi connectivity index (χ3n) is 1.19. The molecule has 0 rings (SSSR count). The summed E-state index contributed by atoms with van der Waals surface area (Å²) >= 11 is 0. The molecular formula is C7H17NO2S. The Labute approximate surface area is 71.0 Å². The smallest absolute Gasteiger partial charge is 0.0590 e. The number of hydrogen-bond donors (Lipinski definition) is 1. The van der Waals surface area contributed by atoms with Gasteiger partial charge in [0, 0.05) is 42.5 Å². The van der Waals surface area contributed by atoms with E-state index in [2.05, 4.69) is 5.32 Å². The molecule has 68 valence electrons. The highest BCUT2D eigenvalue weighted by Gasteiger charge is 1.89. The van der Waals surface area contributed by atoms with Crippen molar-refractivity contribution < 1.29 is 8.95 Å². The normalized spacial score (nSPS) is 13.3. The maximum atomic E-state index is 10.6. The maximum absolute atomic E-state index is 10.6. The molecule has 0 aliphatic rings. The van der Waals surface area contributed by atoms with Gasteiger partial charge in [-0.1, -0.05) is 0 Å². The van der Waals surface area contributed by atoms with Crippen molar-refractivity contribution in [3.63, 3.8) is 0 Å². The van der Waals surface area contributed by atoms with Crippen LogP contribution in [0.25, 0.3) is 0 Å². The highest BCUT2D eigenvalue weighted by molar-refractivity contribution is 7.84. The number of ether oxygens (including phenoxy) is 1. The minimum absolute atomic E-state index is 0.676. The van der Waals surface area contributed by atoms with Crippen LogP contribution in [-0.2, 0) is 15.5 Å². The summed E-state index contributed by atoms with van der Waals surface area (Å²) in [5.74, 6) is 0.728. The summed E-state index contributed by atoms with van der Waals surface area (Å²) in [6.45, 7) is 5.15. The Morgan fingerprint density at radius 1 is 1.45 bits per heavy atom. The van der Waals surface area contributed by atoms with Crippen molar-refractivity contribution in [2.75, 3.05) is 38.3 Å². The van der Waals surface area contributed by atoms with Crippen LogP contribution in [0.3, 0.4) is 0 Å². The fourth-order valence-electron chi connectivity index (χ4n) is 0.630. The van der Waals surface area contributed by atoms with Crippen LogP contribution in [0.4, 0.5) is 0 Å². The summed E-state index contributed by atoms with van der Waals surface area (Å²) in [4.78, 5) is 0. The lowest BCUT2D eigenvalue weighted by atomic mass is 10.6. The van der Waals surface area contributed by atoms with Crippen molar-refractivity contribution in [2.24, 2.45) is 0 Å². The topological polar surface area (TPSA) is 38.3 Å². The average molecular weight is 179 g/mol. The molecule has 0 aromatic heterocycles. The van der Waals surface area contributed by atoms with Gasteiger partial charge in [0.15, 0.2) is 0 Å². The zero-order valence-electron chi connectivity index (χ0n) is 7.26. The van der Waals surface area contributed by atoms with Crippen molar-refractivity contribution in [1.82, 2.24) is 5.32 Å². The van der Waals surface area contributed by atoms with E-state index in [0.717, 1.165) is 32.1 Å². The molecule has 0 aliphatic heterocycles. The first kappa shape index (κ1) is 11.1. The van der Waals surface area contributed by atoms with Crippen LogP contribution in [0.15, 0.2) is 0 Å². The highest BCUT2D eigenvalue weighted by atomic mass is 32.2. The van der Waals surface area contributed by atoms with Crippen LogP contribution in [0.5, 0.6) is 0 Å². The van der Waals surface area contributed by atoms with E-state index in [1.54, 1.807) is 6.26 Å². The average Bonchev–Trinajstić information content (AvgIpc) is 1.96. The van der Waals surface area contributed by atoms with Crippen molar-refractivity contribution in [1.29, 1.82) is 0 Å². The van der Waals surface area contributed by atoms with Gasteiger partial charge >= 0.3 is 0 Å². The first-order chi connectivity index (χ1) is 5.27.